The second-order valence-electron chi connectivity index (χ2n) is 6.25. The molecule has 7 heteroatoms. The largest absolute Gasteiger partial charge is 0.497 e. The number of rotatable bonds is 10. The van der Waals surface area contributed by atoms with Crippen molar-refractivity contribution in [3.05, 3.63) is 59.7 Å². The molecule has 0 unspecified atom stereocenters. The summed E-state index contributed by atoms with van der Waals surface area (Å²) in [6.07, 6.45) is 0.672. The van der Waals surface area contributed by atoms with E-state index in [4.69, 9.17) is 9.47 Å². The van der Waals surface area contributed by atoms with Crippen molar-refractivity contribution in [2.45, 2.75) is 19.9 Å². The van der Waals surface area contributed by atoms with Crippen LogP contribution in [0, 0.1) is 6.92 Å². The van der Waals surface area contributed by atoms with Crippen LogP contribution in [0.2, 0.25) is 0 Å². The lowest BCUT2D eigenvalue weighted by Gasteiger charge is -2.10. The first kappa shape index (κ1) is 21.1. The van der Waals surface area contributed by atoms with Gasteiger partial charge in [-0.2, -0.15) is 0 Å². The lowest BCUT2D eigenvalue weighted by molar-refractivity contribution is -0.120. The minimum Gasteiger partial charge on any atom is -0.497 e. The summed E-state index contributed by atoms with van der Waals surface area (Å²) < 4.78 is 10.7. The normalized spacial score (nSPS) is 10.1. The number of amides is 3. The molecule has 0 bridgehead atoms. The molecule has 0 radical (unpaired) electrons. The van der Waals surface area contributed by atoms with Crippen molar-refractivity contribution in [3.8, 4) is 11.5 Å². The first-order valence-electron chi connectivity index (χ1n) is 9.17. The van der Waals surface area contributed by atoms with Crippen molar-refractivity contribution < 1.29 is 19.1 Å². The van der Waals surface area contributed by atoms with Gasteiger partial charge in [-0.05, 0) is 48.7 Å². The zero-order valence-electron chi connectivity index (χ0n) is 16.3. The lowest BCUT2D eigenvalue weighted by Crippen LogP contribution is -2.42. The lowest BCUT2D eigenvalue weighted by atomic mass is 10.2. The topological polar surface area (TPSA) is 88.7 Å². The van der Waals surface area contributed by atoms with Gasteiger partial charge in [-0.15, -0.1) is 0 Å². The highest BCUT2D eigenvalue weighted by Gasteiger charge is 2.05. The van der Waals surface area contributed by atoms with Gasteiger partial charge >= 0.3 is 6.03 Å². The highest BCUT2D eigenvalue weighted by atomic mass is 16.5. The summed E-state index contributed by atoms with van der Waals surface area (Å²) >= 11 is 0. The third kappa shape index (κ3) is 7.99. The van der Waals surface area contributed by atoms with Crippen LogP contribution < -0.4 is 25.4 Å². The van der Waals surface area contributed by atoms with Crippen LogP contribution in [0.4, 0.5) is 4.79 Å². The molecule has 0 atom stereocenters. The van der Waals surface area contributed by atoms with Gasteiger partial charge in [0.2, 0.25) is 5.91 Å². The standard InChI is InChI=1S/C21H27N3O4/c1-16-5-3-6-19(13-16)28-12-4-11-22-21(26)24-15-20(25)23-14-17-7-9-18(27-2)10-8-17/h3,5-10,13H,4,11-12,14-15H2,1-2H3,(H,23,25)(H2,22,24,26). The Labute approximate surface area is 165 Å². The number of aryl methyl sites for hydroxylation is 1. The number of ether oxygens (including phenoxy) is 2. The summed E-state index contributed by atoms with van der Waals surface area (Å²) in [7, 11) is 1.60. The van der Waals surface area contributed by atoms with Gasteiger partial charge in [0.05, 0.1) is 20.3 Å². The smallest absolute Gasteiger partial charge is 0.315 e. The first-order chi connectivity index (χ1) is 13.6. The molecule has 2 aromatic rings. The molecule has 7 nitrogen and oxygen atoms in total. The molecule has 0 saturated carbocycles. The first-order valence-corrected chi connectivity index (χ1v) is 9.17. The summed E-state index contributed by atoms with van der Waals surface area (Å²) in [6, 6.07) is 14.8. The molecule has 3 N–H and O–H groups in total. The summed E-state index contributed by atoms with van der Waals surface area (Å²) in [4.78, 5) is 23.5. The molecule has 0 spiro atoms. The maximum Gasteiger partial charge on any atom is 0.315 e. The maximum absolute atomic E-state index is 11.8. The van der Waals surface area contributed by atoms with Crippen LogP contribution in [0.1, 0.15) is 17.5 Å². The summed E-state index contributed by atoms with van der Waals surface area (Å²) in [5.41, 5.74) is 2.09. The fourth-order valence-electron chi connectivity index (χ4n) is 2.40. The van der Waals surface area contributed by atoms with Crippen molar-refractivity contribution in [1.29, 1.82) is 0 Å². The van der Waals surface area contributed by atoms with E-state index in [1.807, 2.05) is 55.5 Å². The van der Waals surface area contributed by atoms with Crippen LogP contribution in [0.15, 0.2) is 48.5 Å². The fourth-order valence-corrected chi connectivity index (χ4v) is 2.40. The number of carbonyl (C=O) groups is 2. The predicted molar refractivity (Wildman–Crippen MR) is 108 cm³/mol. The van der Waals surface area contributed by atoms with Gasteiger partial charge in [0.25, 0.3) is 0 Å². The molecule has 2 aromatic carbocycles. The van der Waals surface area contributed by atoms with Gasteiger partial charge < -0.3 is 25.4 Å². The average molecular weight is 385 g/mol. The van der Waals surface area contributed by atoms with Crippen LogP contribution in [-0.2, 0) is 11.3 Å². The highest BCUT2D eigenvalue weighted by Crippen LogP contribution is 2.12. The van der Waals surface area contributed by atoms with E-state index in [1.54, 1.807) is 7.11 Å². The summed E-state index contributed by atoms with van der Waals surface area (Å²) in [6.45, 7) is 3.29. The Morgan fingerprint density at radius 3 is 2.46 bits per heavy atom. The number of carbonyl (C=O) groups excluding carboxylic acids is 2. The highest BCUT2D eigenvalue weighted by molar-refractivity contribution is 5.83. The van der Waals surface area contributed by atoms with E-state index >= 15 is 0 Å². The van der Waals surface area contributed by atoms with Crippen LogP contribution in [0.3, 0.4) is 0 Å². The van der Waals surface area contributed by atoms with Crippen LogP contribution in [-0.4, -0.2) is 38.7 Å². The Balaban J connectivity index is 1.53. The van der Waals surface area contributed by atoms with E-state index in [9.17, 15) is 9.59 Å². The number of hydrogen-bond acceptors (Lipinski definition) is 4. The van der Waals surface area contributed by atoms with Gasteiger partial charge in [-0.1, -0.05) is 24.3 Å². The Morgan fingerprint density at radius 2 is 1.75 bits per heavy atom. The van der Waals surface area contributed by atoms with Crippen molar-refractivity contribution in [3.63, 3.8) is 0 Å². The van der Waals surface area contributed by atoms with E-state index in [2.05, 4.69) is 16.0 Å². The number of benzene rings is 2. The minimum absolute atomic E-state index is 0.0816. The number of methoxy groups -OCH3 is 1. The zero-order chi connectivity index (χ0) is 20.2. The van der Waals surface area contributed by atoms with Gasteiger partial charge in [0, 0.05) is 13.1 Å². The molecular weight excluding hydrogens is 358 g/mol. The zero-order valence-corrected chi connectivity index (χ0v) is 16.3. The van der Waals surface area contributed by atoms with Crippen molar-refractivity contribution in [2.75, 3.05) is 26.8 Å². The van der Waals surface area contributed by atoms with E-state index in [0.29, 0.717) is 26.1 Å². The summed E-state index contributed by atoms with van der Waals surface area (Å²) in [5.74, 6) is 1.32. The Morgan fingerprint density at radius 1 is 0.964 bits per heavy atom. The molecule has 0 aliphatic carbocycles. The van der Waals surface area contributed by atoms with Crippen molar-refractivity contribution in [1.82, 2.24) is 16.0 Å². The van der Waals surface area contributed by atoms with Gasteiger partial charge in [0.1, 0.15) is 11.5 Å². The van der Waals surface area contributed by atoms with Crippen molar-refractivity contribution >= 4 is 11.9 Å². The monoisotopic (exact) mass is 385 g/mol. The van der Waals surface area contributed by atoms with Crippen LogP contribution in [0.25, 0.3) is 0 Å². The molecule has 2 rings (SSSR count). The Hall–Kier alpha value is -3.22. The number of urea groups is 1. The molecule has 0 aliphatic heterocycles. The Kier molecular flexibility index (Phi) is 8.65. The maximum atomic E-state index is 11.8. The van der Waals surface area contributed by atoms with Gasteiger partial charge in [-0.3, -0.25) is 4.79 Å². The van der Waals surface area contributed by atoms with Crippen LogP contribution in [0.5, 0.6) is 11.5 Å². The molecule has 0 fully saturated rings. The molecule has 28 heavy (non-hydrogen) atoms. The molecule has 0 saturated heterocycles. The quantitative estimate of drug-likeness (QED) is 0.548. The molecule has 0 heterocycles. The third-order valence-corrected chi connectivity index (χ3v) is 3.92. The summed E-state index contributed by atoms with van der Waals surface area (Å²) in [5, 5.41) is 7.98. The molecule has 0 aromatic heterocycles. The second kappa shape index (κ2) is 11.5. The average Bonchev–Trinajstić information content (AvgIpc) is 2.71. The third-order valence-electron chi connectivity index (χ3n) is 3.92. The van der Waals surface area contributed by atoms with E-state index in [1.165, 1.54) is 0 Å². The second-order valence-corrected chi connectivity index (χ2v) is 6.25. The molecule has 3 amide bonds. The molecule has 150 valence electrons. The minimum atomic E-state index is -0.379. The van der Waals surface area contributed by atoms with E-state index < -0.39 is 0 Å². The Bertz CT molecular complexity index is 763. The van der Waals surface area contributed by atoms with E-state index in [0.717, 1.165) is 22.6 Å². The molecule has 0 aliphatic rings. The van der Waals surface area contributed by atoms with Gasteiger partial charge in [0.15, 0.2) is 0 Å². The van der Waals surface area contributed by atoms with Crippen molar-refractivity contribution in [2.24, 2.45) is 0 Å². The predicted octanol–water partition coefficient (Wildman–Crippen LogP) is 2.39. The van der Waals surface area contributed by atoms with Gasteiger partial charge in [-0.25, -0.2) is 4.79 Å². The fraction of sp³-hybridized carbons (Fsp3) is 0.333. The van der Waals surface area contributed by atoms with E-state index in [-0.39, 0.29) is 18.5 Å². The number of hydrogen-bond donors (Lipinski definition) is 3. The van der Waals surface area contributed by atoms with Crippen LogP contribution >= 0.6 is 0 Å². The number of nitrogens with one attached hydrogen (secondary N) is 3. The molecular formula is C21H27N3O4. The SMILES string of the molecule is COc1ccc(CNC(=O)CNC(=O)NCCCOc2cccc(C)c2)cc1.